The lowest BCUT2D eigenvalue weighted by Crippen LogP contribution is -2.22. The smallest absolute Gasteiger partial charge is 0.127 e. The van der Waals surface area contributed by atoms with E-state index in [4.69, 9.17) is 0 Å². The van der Waals surface area contributed by atoms with Crippen molar-refractivity contribution in [3.63, 3.8) is 0 Å². The molecule has 1 aliphatic heterocycles. The maximum absolute atomic E-state index is 4.33. The first-order valence-corrected chi connectivity index (χ1v) is 5.80. The monoisotopic (exact) mass is 217 g/mol. The fraction of sp³-hybridized carbons (Fsp3) is 0.273. The Morgan fingerprint density at radius 1 is 1.47 bits per heavy atom. The van der Waals surface area contributed by atoms with Gasteiger partial charge in [0.2, 0.25) is 0 Å². The molecule has 2 aromatic rings. The van der Waals surface area contributed by atoms with Crippen LogP contribution >= 0.6 is 11.3 Å². The molecule has 0 atom stereocenters. The van der Waals surface area contributed by atoms with Crippen molar-refractivity contribution in [3.8, 4) is 0 Å². The molecule has 0 saturated heterocycles. The van der Waals surface area contributed by atoms with Crippen LogP contribution in [-0.2, 0) is 13.0 Å². The van der Waals surface area contributed by atoms with Gasteiger partial charge in [0.15, 0.2) is 0 Å². The summed E-state index contributed by atoms with van der Waals surface area (Å²) in [6.07, 6.45) is 4.54. The summed E-state index contributed by atoms with van der Waals surface area (Å²) >= 11 is 1.79. The van der Waals surface area contributed by atoms with E-state index in [1.807, 2.05) is 6.08 Å². The Morgan fingerprint density at radius 2 is 2.40 bits per heavy atom. The molecule has 1 N–H and O–H groups in total. The van der Waals surface area contributed by atoms with Gasteiger partial charge in [-0.25, -0.2) is 9.97 Å². The summed E-state index contributed by atoms with van der Waals surface area (Å²) in [5, 5.41) is 4.58. The van der Waals surface area contributed by atoms with Gasteiger partial charge in [0.1, 0.15) is 11.2 Å². The van der Waals surface area contributed by atoms with Crippen LogP contribution in [0.3, 0.4) is 0 Å². The van der Waals surface area contributed by atoms with Crippen LogP contribution in [0.2, 0.25) is 0 Å². The third-order valence-electron chi connectivity index (χ3n) is 2.72. The van der Waals surface area contributed by atoms with Crippen LogP contribution in [0.4, 0.5) is 0 Å². The van der Waals surface area contributed by atoms with Gasteiger partial charge in [-0.2, -0.15) is 0 Å². The zero-order chi connectivity index (χ0) is 10.3. The maximum Gasteiger partial charge on any atom is 0.127 e. The van der Waals surface area contributed by atoms with Crippen LogP contribution in [-0.4, -0.2) is 16.5 Å². The maximum atomic E-state index is 4.33. The Labute approximate surface area is 91.9 Å². The third-order valence-corrected chi connectivity index (χ3v) is 3.92. The highest BCUT2D eigenvalue weighted by molar-refractivity contribution is 7.18. The van der Waals surface area contributed by atoms with E-state index in [9.17, 15) is 0 Å². The number of thiophene rings is 1. The molecule has 1 aliphatic rings. The van der Waals surface area contributed by atoms with Crippen molar-refractivity contribution < 1.29 is 0 Å². The molecular weight excluding hydrogens is 206 g/mol. The van der Waals surface area contributed by atoms with E-state index in [1.54, 1.807) is 17.7 Å². The predicted octanol–water partition coefficient (Wildman–Crippen LogP) is 1.98. The second kappa shape index (κ2) is 3.40. The van der Waals surface area contributed by atoms with Crippen LogP contribution in [0.5, 0.6) is 0 Å². The van der Waals surface area contributed by atoms with Gasteiger partial charge in [-0.1, -0.05) is 6.58 Å². The van der Waals surface area contributed by atoms with Crippen LogP contribution in [0.25, 0.3) is 16.3 Å². The molecule has 4 heteroatoms. The number of hydrogen-bond acceptors (Lipinski definition) is 4. The fourth-order valence-corrected chi connectivity index (χ4v) is 3.18. The molecular formula is C11H11N3S. The minimum atomic E-state index is 0.934. The molecule has 3 nitrogen and oxygen atoms in total. The van der Waals surface area contributed by atoms with E-state index < -0.39 is 0 Å². The summed E-state index contributed by atoms with van der Waals surface area (Å²) in [4.78, 5) is 11.1. The SMILES string of the molecule is C=Cc1ncnc2sc3c(c12)CNCC3. The van der Waals surface area contributed by atoms with Gasteiger partial charge in [0.05, 0.1) is 5.69 Å². The molecule has 0 aliphatic carbocycles. The average Bonchev–Trinajstić information content (AvgIpc) is 2.67. The molecule has 0 radical (unpaired) electrons. The van der Waals surface area contributed by atoms with Gasteiger partial charge >= 0.3 is 0 Å². The van der Waals surface area contributed by atoms with Crippen molar-refractivity contribution in [2.45, 2.75) is 13.0 Å². The first-order valence-electron chi connectivity index (χ1n) is 4.98. The number of aromatic nitrogens is 2. The summed E-state index contributed by atoms with van der Waals surface area (Å²) in [5.74, 6) is 0. The summed E-state index contributed by atoms with van der Waals surface area (Å²) < 4.78 is 0. The minimum Gasteiger partial charge on any atom is -0.312 e. The standard InChI is InChI=1S/C11H11N3S/c1-2-8-10-7-5-12-4-3-9(7)15-11(10)14-6-13-8/h2,6,12H,1,3-5H2. The number of nitrogens with one attached hydrogen (secondary N) is 1. The highest BCUT2D eigenvalue weighted by Gasteiger charge is 2.18. The lowest BCUT2D eigenvalue weighted by molar-refractivity contribution is 0.656. The predicted molar refractivity (Wildman–Crippen MR) is 62.9 cm³/mol. The Morgan fingerprint density at radius 3 is 3.27 bits per heavy atom. The average molecular weight is 217 g/mol. The summed E-state index contributed by atoms with van der Waals surface area (Å²) in [6, 6.07) is 0. The van der Waals surface area contributed by atoms with E-state index in [2.05, 4.69) is 21.9 Å². The Kier molecular flexibility index (Phi) is 2.04. The topological polar surface area (TPSA) is 37.8 Å². The molecule has 3 rings (SSSR count). The molecule has 0 saturated carbocycles. The Hall–Kier alpha value is -1.26. The number of nitrogens with zero attached hydrogens (tertiary/aromatic N) is 2. The summed E-state index contributed by atoms with van der Waals surface area (Å²) in [6.45, 7) is 5.80. The quantitative estimate of drug-likeness (QED) is 0.793. The van der Waals surface area contributed by atoms with Gasteiger partial charge < -0.3 is 5.32 Å². The highest BCUT2D eigenvalue weighted by Crippen LogP contribution is 2.33. The van der Waals surface area contributed by atoms with Crippen molar-refractivity contribution in [3.05, 3.63) is 29.0 Å². The van der Waals surface area contributed by atoms with Crippen molar-refractivity contribution in [2.24, 2.45) is 0 Å². The van der Waals surface area contributed by atoms with Crippen molar-refractivity contribution in [1.29, 1.82) is 0 Å². The normalized spacial score (nSPS) is 15.2. The molecule has 76 valence electrons. The van der Waals surface area contributed by atoms with E-state index in [-0.39, 0.29) is 0 Å². The second-order valence-electron chi connectivity index (χ2n) is 3.57. The summed E-state index contributed by atoms with van der Waals surface area (Å²) in [7, 11) is 0. The van der Waals surface area contributed by atoms with Gasteiger partial charge in [0.25, 0.3) is 0 Å². The van der Waals surface area contributed by atoms with Gasteiger partial charge in [0, 0.05) is 23.4 Å². The van der Waals surface area contributed by atoms with Crippen molar-refractivity contribution in [1.82, 2.24) is 15.3 Å². The van der Waals surface area contributed by atoms with E-state index in [0.717, 1.165) is 30.0 Å². The zero-order valence-corrected chi connectivity index (χ0v) is 9.10. The third kappa shape index (κ3) is 1.29. The van der Waals surface area contributed by atoms with Crippen LogP contribution in [0, 0.1) is 0 Å². The summed E-state index contributed by atoms with van der Waals surface area (Å²) in [5.41, 5.74) is 2.33. The first-order chi connectivity index (χ1) is 7.40. The zero-order valence-electron chi connectivity index (χ0n) is 8.29. The molecule has 0 fully saturated rings. The molecule has 0 amide bonds. The number of rotatable bonds is 1. The lowest BCUT2D eigenvalue weighted by Gasteiger charge is -2.12. The lowest BCUT2D eigenvalue weighted by atomic mass is 10.1. The van der Waals surface area contributed by atoms with Gasteiger partial charge in [-0.15, -0.1) is 11.3 Å². The van der Waals surface area contributed by atoms with Crippen molar-refractivity contribution in [2.75, 3.05) is 6.54 Å². The largest absolute Gasteiger partial charge is 0.312 e. The molecule has 0 spiro atoms. The Balaban J connectivity index is 2.38. The van der Waals surface area contributed by atoms with E-state index in [0.29, 0.717) is 0 Å². The molecule has 3 heterocycles. The van der Waals surface area contributed by atoms with Gasteiger partial charge in [-0.05, 0) is 18.1 Å². The number of hydrogen-bond donors (Lipinski definition) is 1. The first kappa shape index (κ1) is 9.00. The minimum absolute atomic E-state index is 0.934. The Bertz CT molecular complexity index is 530. The van der Waals surface area contributed by atoms with Gasteiger partial charge in [-0.3, -0.25) is 0 Å². The molecule has 0 bridgehead atoms. The second-order valence-corrected chi connectivity index (χ2v) is 4.66. The highest BCUT2D eigenvalue weighted by atomic mass is 32.1. The van der Waals surface area contributed by atoms with Crippen LogP contribution in [0.15, 0.2) is 12.9 Å². The molecule has 0 unspecified atom stereocenters. The molecule has 0 aromatic carbocycles. The number of fused-ring (bicyclic) bond motifs is 3. The van der Waals surface area contributed by atoms with E-state index >= 15 is 0 Å². The molecule has 15 heavy (non-hydrogen) atoms. The van der Waals surface area contributed by atoms with Crippen molar-refractivity contribution >= 4 is 27.6 Å². The fourth-order valence-electron chi connectivity index (χ4n) is 2.02. The van der Waals surface area contributed by atoms with Crippen LogP contribution in [0.1, 0.15) is 16.1 Å². The van der Waals surface area contributed by atoms with Crippen LogP contribution < -0.4 is 5.32 Å². The molecule has 2 aromatic heterocycles. The van der Waals surface area contributed by atoms with E-state index in [1.165, 1.54) is 15.8 Å².